The van der Waals surface area contributed by atoms with Crippen molar-refractivity contribution < 1.29 is 4.92 Å². The molecule has 0 unspecified atom stereocenters. The molecule has 0 saturated carbocycles. The number of rotatable bonds is 2. The van der Waals surface area contributed by atoms with Crippen molar-refractivity contribution in [1.82, 2.24) is 9.97 Å². The third-order valence-electron chi connectivity index (χ3n) is 2.00. The first-order valence-electron chi connectivity index (χ1n) is 4.40. The van der Waals surface area contributed by atoms with Crippen molar-refractivity contribution in [2.24, 2.45) is 0 Å². The van der Waals surface area contributed by atoms with Gasteiger partial charge in [-0.1, -0.05) is 0 Å². The van der Waals surface area contributed by atoms with Crippen LogP contribution in [0, 0.1) is 10.1 Å². The van der Waals surface area contributed by atoms with Gasteiger partial charge in [0.25, 0.3) is 0 Å². The van der Waals surface area contributed by atoms with E-state index < -0.39 is 4.92 Å². The van der Waals surface area contributed by atoms with Crippen LogP contribution >= 0.6 is 15.9 Å². The number of pyridine rings is 2. The third-order valence-corrected chi connectivity index (χ3v) is 2.59. The predicted molar refractivity (Wildman–Crippen MR) is 61.8 cm³/mol. The van der Waals surface area contributed by atoms with Crippen molar-refractivity contribution in [2.45, 2.75) is 0 Å². The number of nitro groups is 1. The Morgan fingerprint density at radius 1 is 1.19 bits per heavy atom. The fourth-order valence-corrected chi connectivity index (χ4v) is 1.71. The highest BCUT2D eigenvalue weighted by Crippen LogP contribution is 2.26. The van der Waals surface area contributed by atoms with Crippen molar-refractivity contribution in [3.05, 3.63) is 51.4 Å². The summed E-state index contributed by atoms with van der Waals surface area (Å²) < 4.78 is 0.229. The zero-order chi connectivity index (χ0) is 11.5. The lowest BCUT2D eigenvalue weighted by Crippen LogP contribution is -1.93. The van der Waals surface area contributed by atoms with Gasteiger partial charge in [0.15, 0.2) is 4.60 Å². The second-order valence-corrected chi connectivity index (χ2v) is 3.75. The van der Waals surface area contributed by atoms with Crippen LogP contribution in [0.4, 0.5) is 5.69 Å². The summed E-state index contributed by atoms with van der Waals surface area (Å²) in [5, 5.41) is 10.6. The van der Waals surface area contributed by atoms with E-state index in [2.05, 4.69) is 25.9 Å². The molecule has 0 atom stereocenters. The highest BCUT2D eigenvalue weighted by molar-refractivity contribution is 9.10. The van der Waals surface area contributed by atoms with Crippen LogP contribution in [-0.4, -0.2) is 14.9 Å². The van der Waals surface area contributed by atoms with Gasteiger partial charge < -0.3 is 0 Å². The SMILES string of the molecule is O=[N+]([O-])c1ccc(-c2ccncc2)nc1Br. The Labute approximate surface area is 99.4 Å². The molecule has 0 spiro atoms. The van der Waals surface area contributed by atoms with Crippen LogP contribution in [0.15, 0.2) is 41.3 Å². The van der Waals surface area contributed by atoms with Gasteiger partial charge in [0.2, 0.25) is 0 Å². The highest BCUT2D eigenvalue weighted by Gasteiger charge is 2.13. The summed E-state index contributed by atoms with van der Waals surface area (Å²) in [6.45, 7) is 0. The van der Waals surface area contributed by atoms with Crippen molar-refractivity contribution in [3.63, 3.8) is 0 Å². The highest BCUT2D eigenvalue weighted by atomic mass is 79.9. The minimum Gasteiger partial charge on any atom is -0.265 e. The fourth-order valence-electron chi connectivity index (χ4n) is 1.25. The van der Waals surface area contributed by atoms with Crippen molar-refractivity contribution >= 4 is 21.6 Å². The second kappa shape index (κ2) is 4.36. The van der Waals surface area contributed by atoms with E-state index in [1.54, 1.807) is 30.6 Å². The molecule has 0 N–H and O–H groups in total. The molecular weight excluding hydrogens is 274 g/mol. The molecule has 0 aliphatic heterocycles. The van der Waals surface area contributed by atoms with E-state index in [0.29, 0.717) is 5.69 Å². The summed E-state index contributed by atoms with van der Waals surface area (Å²) in [7, 11) is 0. The largest absolute Gasteiger partial charge is 0.301 e. The number of nitrogens with zero attached hydrogens (tertiary/aromatic N) is 3. The van der Waals surface area contributed by atoms with E-state index in [0.717, 1.165) is 5.56 Å². The van der Waals surface area contributed by atoms with Crippen LogP contribution < -0.4 is 0 Å². The van der Waals surface area contributed by atoms with Gasteiger partial charge in [-0.3, -0.25) is 15.1 Å². The molecule has 6 heteroatoms. The Hall–Kier alpha value is -1.82. The molecule has 80 valence electrons. The first kappa shape index (κ1) is 10.7. The summed E-state index contributed by atoms with van der Waals surface area (Å²) in [6.07, 6.45) is 3.29. The van der Waals surface area contributed by atoms with Crippen molar-refractivity contribution in [3.8, 4) is 11.3 Å². The van der Waals surface area contributed by atoms with Gasteiger partial charge in [-0.25, -0.2) is 4.98 Å². The lowest BCUT2D eigenvalue weighted by Gasteiger charge is -2.01. The zero-order valence-corrected chi connectivity index (χ0v) is 9.59. The number of hydrogen-bond acceptors (Lipinski definition) is 4. The van der Waals surface area contributed by atoms with Crippen molar-refractivity contribution in [1.29, 1.82) is 0 Å². The van der Waals surface area contributed by atoms with Gasteiger partial charge in [0.1, 0.15) is 0 Å². The number of aromatic nitrogens is 2. The molecule has 5 nitrogen and oxygen atoms in total. The van der Waals surface area contributed by atoms with Crippen LogP contribution in [0.25, 0.3) is 11.3 Å². The van der Waals surface area contributed by atoms with Gasteiger partial charge in [0.05, 0.1) is 10.6 Å². The van der Waals surface area contributed by atoms with Gasteiger partial charge in [-0.2, -0.15) is 0 Å². The molecule has 16 heavy (non-hydrogen) atoms. The molecule has 0 aliphatic carbocycles. The second-order valence-electron chi connectivity index (χ2n) is 3.00. The van der Waals surface area contributed by atoms with E-state index >= 15 is 0 Å². The molecule has 0 aliphatic rings. The Morgan fingerprint density at radius 3 is 2.44 bits per heavy atom. The monoisotopic (exact) mass is 279 g/mol. The summed E-state index contributed by atoms with van der Waals surface area (Å²) in [5.74, 6) is 0. The number of halogens is 1. The van der Waals surface area contributed by atoms with Crippen LogP contribution in [0.5, 0.6) is 0 Å². The van der Waals surface area contributed by atoms with Crippen LogP contribution in [0.3, 0.4) is 0 Å². The maximum Gasteiger partial charge on any atom is 0.301 e. The van der Waals surface area contributed by atoms with E-state index in [9.17, 15) is 10.1 Å². The topological polar surface area (TPSA) is 68.9 Å². The first-order chi connectivity index (χ1) is 7.68. The molecule has 0 amide bonds. The Kier molecular flexibility index (Phi) is 2.91. The minimum absolute atomic E-state index is 0.0437. The molecule has 2 rings (SSSR count). The molecule has 0 radical (unpaired) electrons. The molecule has 0 saturated heterocycles. The summed E-state index contributed by atoms with van der Waals surface area (Å²) in [5.41, 5.74) is 1.49. The standard InChI is InChI=1S/C10H6BrN3O2/c11-10-9(14(15)16)2-1-8(13-10)7-3-5-12-6-4-7/h1-6H. The molecule has 0 fully saturated rings. The van der Waals surface area contributed by atoms with E-state index in [1.165, 1.54) is 6.07 Å². The molecule has 2 aromatic rings. The maximum atomic E-state index is 10.6. The summed E-state index contributed by atoms with van der Waals surface area (Å²) >= 11 is 3.08. The molecule has 2 aromatic heterocycles. The van der Waals surface area contributed by atoms with E-state index in [1.807, 2.05) is 0 Å². The maximum absolute atomic E-state index is 10.6. The van der Waals surface area contributed by atoms with Crippen LogP contribution in [0.1, 0.15) is 0 Å². The molecule has 2 heterocycles. The van der Waals surface area contributed by atoms with Gasteiger partial charge in [-0.15, -0.1) is 0 Å². The lowest BCUT2D eigenvalue weighted by molar-refractivity contribution is -0.386. The van der Waals surface area contributed by atoms with Gasteiger partial charge in [0, 0.05) is 24.0 Å². The normalized spacial score (nSPS) is 10.1. The van der Waals surface area contributed by atoms with Crippen molar-refractivity contribution in [2.75, 3.05) is 0 Å². The van der Waals surface area contributed by atoms with Gasteiger partial charge >= 0.3 is 5.69 Å². The van der Waals surface area contributed by atoms with Crippen LogP contribution in [-0.2, 0) is 0 Å². The Bertz CT molecular complexity index is 531. The summed E-state index contributed by atoms with van der Waals surface area (Å²) in [4.78, 5) is 18.1. The zero-order valence-electron chi connectivity index (χ0n) is 8.00. The fraction of sp³-hybridized carbons (Fsp3) is 0. The Morgan fingerprint density at radius 2 is 1.88 bits per heavy atom. The van der Waals surface area contributed by atoms with Gasteiger partial charge in [-0.05, 0) is 34.1 Å². The predicted octanol–water partition coefficient (Wildman–Crippen LogP) is 2.81. The molecule has 0 aromatic carbocycles. The third kappa shape index (κ3) is 2.06. The minimum atomic E-state index is -0.479. The smallest absolute Gasteiger partial charge is 0.265 e. The first-order valence-corrected chi connectivity index (χ1v) is 5.19. The average Bonchev–Trinajstić information content (AvgIpc) is 2.29. The average molecular weight is 280 g/mol. The lowest BCUT2D eigenvalue weighted by atomic mass is 10.2. The van der Waals surface area contributed by atoms with E-state index in [4.69, 9.17) is 0 Å². The Balaban J connectivity index is 2.46. The van der Waals surface area contributed by atoms with E-state index in [-0.39, 0.29) is 10.3 Å². The number of hydrogen-bond donors (Lipinski definition) is 0. The quantitative estimate of drug-likeness (QED) is 0.482. The summed E-state index contributed by atoms with van der Waals surface area (Å²) in [6, 6.07) is 6.62. The molecule has 0 bridgehead atoms. The van der Waals surface area contributed by atoms with Crippen LogP contribution in [0.2, 0.25) is 0 Å². The molecular formula is C10H6BrN3O2.